The molecule has 2 atom stereocenters. The summed E-state index contributed by atoms with van der Waals surface area (Å²) in [5, 5.41) is 0. The lowest BCUT2D eigenvalue weighted by atomic mass is 9.66. The summed E-state index contributed by atoms with van der Waals surface area (Å²) >= 11 is 0. The summed E-state index contributed by atoms with van der Waals surface area (Å²) < 4.78 is 5.44. The van der Waals surface area contributed by atoms with Crippen LogP contribution in [0.5, 0.6) is 0 Å². The van der Waals surface area contributed by atoms with Gasteiger partial charge in [0.05, 0.1) is 0 Å². The first kappa shape index (κ1) is 17.3. The number of carbonyl (C=O) groups excluding carboxylic acids is 3. The van der Waals surface area contributed by atoms with Crippen molar-refractivity contribution in [1.29, 1.82) is 0 Å². The lowest BCUT2D eigenvalue weighted by Crippen LogP contribution is -2.48. The number of esters is 1. The number of hydrogen-bond donors (Lipinski definition) is 0. The zero-order valence-corrected chi connectivity index (χ0v) is 13.6. The molecule has 0 heterocycles. The van der Waals surface area contributed by atoms with Gasteiger partial charge in [-0.25, -0.2) is 0 Å². The largest absolute Gasteiger partial charge is 0.459 e. The van der Waals surface area contributed by atoms with Gasteiger partial charge in [0.1, 0.15) is 5.60 Å². The molecule has 0 saturated carbocycles. The number of hydrogen-bond acceptors (Lipinski definition) is 4. The molecule has 4 heteroatoms. The number of rotatable bonds is 3. The molecule has 0 aromatic heterocycles. The molecular weight excluding hydrogens is 268 g/mol. The molecule has 4 nitrogen and oxygen atoms in total. The van der Waals surface area contributed by atoms with Crippen LogP contribution in [0.3, 0.4) is 0 Å². The van der Waals surface area contributed by atoms with E-state index in [0.717, 1.165) is 5.57 Å². The van der Waals surface area contributed by atoms with Crippen LogP contribution in [-0.4, -0.2) is 23.1 Å². The second-order valence-corrected chi connectivity index (χ2v) is 6.78. The van der Waals surface area contributed by atoms with E-state index in [1.807, 2.05) is 19.9 Å². The van der Waals surface area contributed by atoms with Crippen LogP contribution in [0.15, 0.2) is 23.8 Å². The van der Waals surface area contributed by atoms with Crippen molar-refractivity contribution in [3.63, 3.8) is 0 Å². The Kier molecular flexibility index (Phi) is 4.92. The predicted octanol–water partition coefficient (Wildman–Crippen LogP) is 3.01. The van der Waals surface area contributed by atoms with Crippen molar-refractivity contribution < 1.29 is 19.1 Å². The van der Waals surface area contributed by atoms with Crippen LogP contribution in [-0.2, 0) is 19.1 Å². The molecule has 1 aliphatic carbocycles. The van der Waals surface area contributed by atoms with E-state index in [1.54, 1.807) is 20.8 Å². The molecule has 0 aromatic carbocycles. The summed E-state index contributed by atoms with van der Waals surface area (Å²) in [6, 6.07) is 0. The topological polar surface area (TPSA) is 60.4 Å². The first-order chi connectivity index (χ1) is 9.49. The van der Waals surface area contributed by atoms with Crippen LogP contribution >= 0.6 is 0 Å². The summed E-state index contributed by atoms with van der Waals surface area (Å²) in [4.78, 5) is 36.6. The minimum atomic E-state index is -1.40. The number of ketones is 2. The van der Waals surface area contributed by atoms with Crippen molar-refractivity contribution in [3.8, 4) is 0 Å². The molecule has 1 aliphatic rings. The van der Waals surface area contributed by atoms with Gasteiger partial charge in [0, 0.05) is 12.3 Å². The zero-order valence-electron chi connectivity index (χ0n) is 13.6. The Labute approximate surface area is 126 Å². The average molecular weight is 292 g/mol. The maximum Gasteiger partial charge on any atom is 0.324 e. The Bertz CT molecular complexity index is 515. The first-order valence-corrected chi connectivity index (χ1v) is 7.10. The second-order valence-electron chi connectivity index (χ2n) is 6.78. The number of allylic oxidation sites excluding steroid dienone is 3. The molecule has 0 radical (unpaired) electrons. The van der Waals surface area contributed by atoms with Crippen molar-refractivity contribution in [3.05, 3.63) is 23.8 Å². The van der Waals surface area contributed by atoms with Crippen molar-refractivity contribution in [2.24, 2.45) is 11.3 Å². The van der Waals surface area contributed by atoms with Crippen molar-refractivity contribution in [2.45, 2.75) is 53.6 Å². The monoisotopic (exact) mass is 292 g/mol. The van der Waals surface area contributed by atoms with E-state index < -0.39 is 22.9 Å². The highest BCUT2D eigenvalue weighted by atomic mass is 16.6. The maximum absolute atomic E-state index is 12.6. The SMILES string of the molecule is CC(=O)[C@]1(C(=O)OC(C)(C)C)C=CC(=O)C[C@H]1C=C(C)C. The minimum Gasteiger partial charge on any atom is -0.459 e. The van der Waals surface area contributed by atoms with Gasteiger partial charge >= 0.3 is 5.97 Å². The van der Waals surface area contributed by atoms with E-state index in [-0.39, 0.29) is 18.0 Å². The molecule has 1 rings (SSSR count). The van der Waals surface area contributed by atoms with Crippen LogP contribution < -0.4 is 0 Å². The summed E-state index contributed by atoms with van der Waals surface area (Å²) in [6.45, 7) is 10.4. The molecule has 0 aliphatic heterocycles. The molecule has 0 saturated heterocycles. The third kappa shape index (κ3) is 3.90. The molecule has 0 spiro atoms. The second kappa shape index (κ2) is 5.96. The highest BCUT2D eigenvalue weighted by molar-refractivity contribution is 6.08. The van der Waals surface area contributed by atoms with Gasteiger partial charge in [-0.3, -0.25) is 14.4 Å². The Morgan fingerprint density at radius 3 is 2.29 bits per heavy atom. The van der Waals surface area contributed by atoms with Gasteiger partial charge in [-0.1, -0.05) is 17.7 Å². The van der Waals surface area contributed by atoms with Gasteiger partial charge in [0.25, 0.3) is 0 Å². The van der Waals surface area contributed by atoms with E-state index >= 15 is 0 Å². The Morgan fingerprint density at radius 2 is 1.86 bits per heavy atom. The molecule has 0 fully saturated rings. The van der Waals surface area contributed by atoms with Gasteiger partial charge in [-0.15, -0.1) is 0 Å². The van der Waals surface area contributed by atoms with E-state index in [0.29, 0.717) is 0 Å². The fourth-order valence-corrected chi connectivity index (χ4v) is 2.49. The van der Waals surface area contributed by atoms with Crippen molar-refractivity contribution in [2.75, 3.05) is 0 Å². The lowest BCUT2D eigenvalue weighted by Gasteiger charge is -2.37. The van der Waals surface area contributed by atoms with Gasteiger partial charge in [0.2, 0.25) is 0 Å². The van der Waals surface area contributed by atoms with E-state index in [9.17, 15) is 14.4 Å². The minimum absolute atomic E-state index is 0.0852. The van der Waals surface area contributed by atoms with Crippen LogP contribution in [0.25, 0.3) is 0 Å². The third-order valence-electron chi connectivity index (χ3n) is 3.39. The third-order valence-corrected chi connectivity index (χ3v) is 3.39. The van der Waals surface area contributed by atoms with Crippen molar-refractivity contribution in [1.82, 2.24) is 0 Å². The van der Waals surface area contributed by atoms with Crippen LogP contribution in [0, 0.1) is 11.3 Å². The fourth-order valence-electron chi connectivity index (χ4n) is 2.49. The van der Waals surface area contributed by atoms with Gasteiger partial charge < -0.3 is 4.74 Å². The molecule has 0 amide bonds. The van der Waals surface area contributed by atoms with Gasteiger partial charge in [-0.2, -0.15) is 0 Å². The highest BCUT2D eigenvalue weighted by Crippen LogP contribution is 2.40. The Balaban J connectivity index is 3.37. The quantitative estimate of drug-likeness (QED) is 0.456. The first-order valence-electron chi connectivity index (χ1n) is 7.10. The fraction of sp³-hybridized carbons (Fsp3) is 0.588. The maximum atomic E-state index is 12.6. The Morgan fingerprint density at radius 1 is 1.29 bits per heavy atom. The highest BCUT2D eigenvalue weighted by Gasteiger charge is 2.51. The average Bonchev–Trinajstić information content (AvgIpc) is 2.25. The molecule has 116 valence electrons. The Hall–Kier alpha value is -1.71. The van der Waals surface area contributed by atoms with Crippen LogP contribution in [0.1, 0.15) is 48.0 Å². The molecule has 21 heavy (non-hydrogen) atoms. The summed E-state index contributed by atoms with van der Waals surface area (Å²) in [7, 11) is 0. The number of ether oxygens (including phenoxy) is 1. The van der Waals surface area contributed by atoms with Gasteiger partial charge in [0.15, 0.2) is 17.0 Å². The molecule has 0 N–H and O–H groups in total. The number of Topliss-reactive ketones (excluding diaryl/α,β-unsaturated/α-hetero) is 1. The molecule has 0 aromatic rings. The summed E-state index contributed by atoms with van der Waals surface area (Å²) in [5.74, 6) is -1.47. The summed E-state index contributed by atoms with van der Waals surface area (Å²) in [6.07, 6.45) is 4.69. The molecule has 0 unspecified atom stereocenters. The van der Waals surface area contributed by atoms with Gasteiger partial charge in [-0.05, 0) is 47.6 Å². The predicted molar refractivity (Wildman–Crippen MR) is 80.6 cm³/mol. The normalized spacial score (nSPS) is 25.4. The lowest BCUT2D eigenvalue weighted by molar-refractivity contribution is -0.169. The molecular formula is C17H24O4. The van der Waals surface area contributed by atoms with Crippen LogP contribution in [0.4, 0.5) is 0 Å². The van der Waals surface area contributed by atoms with Crippen molar-refractivity contribution >= 4 is 17.5 Å². The standard InChI is InChI=1S/C17H24O4/c1-11(2)9-13-10-14(19)7-8-17(13,12(3)18)15(20)21-16(4,5)6/h7-9,13H,10H2,1-6H3/t13-,17-/m1/s1. The zero-order chi connectivity index (χ0) is 16.4. The van der Waals surface area contributed by atoms with E-state index in [2.05, 4.69) is 0 Å². The molecule has 0 bridgehead atoms. The van der Waals surface area contributed by atoms with E-state index in [1.165, 1.54) is 19.1 Å². The van der Waals surface area contributed by atoms with Crippen LogP contribution in [0.2, 0.25) is 0 Å². The summed E-state index contributed by atoms with van der Waals surface area (Å²) in [5.41, 5.74) is -1.14. The number of carbonyl (C=O) groups is 3. The smallest absolute Gasteiger partial charge is 0.324 e. The van der Waals surface area contributed by atoms with E-state index in [4.69, 9.17) is 4.74 Å².